The summed E-state index contributed by atoms with van der Waals surface area (Å²) in [7, 11) is 0. The molecule has 1 aliphatic rings. The first-order chi connectivity index (χ1) is 6.34. The van der Waals surface area contributed by atoms with Crippen molar-refractivity contribution in [3.8, 4) is 5.75 Å². The molecule has 1 heterocycles. The van der Waals surface area contributed by atoms with Gasteiger partial charge in [-0.15, -0.1) is 0 Å². The molecule has 1 fully saturated rings. The molecule has 4 nitrogen and oxygen atoms in total. The van der Waals surface area contributed by atoms with Crippen molar-refractivity contribution in [2.75, 3.05) is 0 Å². The van der Waals surface area contributed by atoms with Gasteiger partial charge in [0, 0.05) is 6.20 Å². The highest BCUT2D eigenvalue weighted by Crippen LogP contribution is 2.22. The molecule has 1 N–H and O–H groups in total. The van der Waals surface area contributed by atoms with Gasteiger partial charge in [0.2, 0.25) is 0 Å². The minimum absolute atomic E-state index is 0.313. The summed E-state index contributed by atoms with van der Waals surface area (Å²) in [4.78, 5) is 16.7. The molecule has 0 saturated heterocycles. The summed E-state index contributed by atoms with van der Waals surface area (Å²) in [5.41, 5.74) is -0.334. The summed E-state index contributed by atoms with van der Waals surface area (Å²) in [5.74, 6) is 0.659. The number of H-pyrrole nitrogens is 1. The zero-order valence-corrected chi connectivity index (χ0v) is 7.32. The van der Waals surface area contributed by atoms with Crippen LogP contribution in [-0.4, -0.2) is 16.1 Å². The summed E-state index contributed by atoms with van der Waals surface area (Å²) in [5, 5.41) is 0. The fourth-order valence-corrected chi connectivity index (χ4v) is 1.59. The largest absolute Gasteiger partial charge is 0.487 e. The van der Waals surface area contributed by atoms with E-state index in [9.17, 15) is 4.79 Å². The van der Waals surface area contributed by atoms with Crippen molar-refractivity contribution >= 4 is 0 Å². The highest BCUT2D eigenvalue weighted by molar-refractivity contribution is 5.10. The molecule has 2 rings (SSSR count). The lowest BCUT2D eigenvalue weighted by Gasteiger charge is -2.11. The van der Waals surface area contributed by atoms with Crippen molar-refractivity contribution in [2.24, 2.45) is 0 Å². The Labute approximate surface area is 76.0 Å². The third-order valence-electron chi connectivity index (χ3n) is 2.25. The number of rotatable bonds is 2. The average Bonchev–Trinajstić information content (AvgIpc) is 2.62. The van der Waals surface area contributed by atoms with E-state index in [1.807, 2.05) is 0 Å². The molecule has 0 bridgehead atoms. The van der Waals surface area contributed by atoms with Crippen molar-refractivity contribution < 1.29 is 4.74 Å². The fraction of sp³-hybridized carbons (Fsp3) is 0.556. The number of nitrogens with one attached hydrogen (secondary N) is 1. The number of aromatic nitrogens is 2. The minimum Gasteiger partial charge on any atom is -0.487 e. The van der Waals surface area contributed by atoms with Gasteiger partial charge >= 0.3 is 5.69 Å². The van der Waals surface area contributed by atoms with Gasteiger partial charge < -0.3 is 9.72 Å². The van der Waals surface area contributed by atoms with Crippen molar-refractivity contribution in [3.05, 3.63) is 22.9 Å². The van der Waals surface area contributed by atoms with Gasteiger partial charge in [-0.1, -0.05) is 0 Å². The second kappa shape index (κ2) is 3.60. The zero-order chi connectivity index (χ0) is 9.10. The van der Waals surface area contributed by atoms with E-state index in [0.29, 0.717) is 11.9 Å². The Balaban J connectivity index is 2.00. The number of ether oxygens (including phenoxy) is 1. The molecule has 0 unspecified atom stereocenters. The Hall–Kier alpha value is -1.32. The predicted molar refractivity (Wildman–Crippen MR) is 47.7 cm³/mol. The lowest BCUT2D eigenvalue weighted by molar-refractivity contribution is 0.208. The fourth-order valence-electron chi connectivity index (χ4n) is 1.59. The molecule has 4 heteroatoms. The molecule has 0 aromatic carbocycles. The Kier molecular flexibility index (Phi) is 2.29. The number of hydrogen-bond donors (Lipinski definition) is 1. The SMILES string of the molecule is O=c1ncc(OC2CCCC2)c[nH]1. The van der Waals surface area contributed by atoms with Crippen LogP contribution in [0.2, 0.25) is 0 Å². The van der Waals surface area contributed by atoms with Gasteiger partial charge in [0.05, 0.1) is 12.3 Å². The van der Waals surface area contributed by atoms with Gasteiger partial charge in [-0.05, 0) is 25.7 Å². The van der Waals surface area contributed by atoms with Crippen molar-refractivity contribution in [3.63, 3.8) is 0 Å². The van der Waals surface area contributed by atoms with Gasteiger partial charge in [0.25, 0.3) is 0 Å². The maximum Gasteiger partial charge on any atom is 0.345 e. The first-order valence-electron chi connectivity index (χ1n) is 4.56. The van der Waals surface area contributed by atoms with Gasteiger partial charge in [0.1, 0.15) is 0 Å². The molecular formula is C9H12N2O2. The van der Waals surface area contributed by atoms with E-state index < -0.39 is 0 Å². The Morgan fingerprint density at radius 1 is 1.46 bits per heavy atom. The highest BCUT2D eigenvalue weighted by atomic mass is 16.5. The monoisotopic (exact) mass is 180 g/mol. The normalized spacial score (nSPS) is 17.5. The Bertz CT molecular complexity index is 308. The maximum atomic E-state index is 10.6. The molecule has 13 heavy (non-hydrogen) atoms. The summed E-state index contributed by atoms with van der Waals surface area (Å²) >= 11 is 0. The summed E-state index contributed by atoms with van der Waals surface area (Å²) in [6.45, 7) is 0. The minimum atomic E-state index is -0.334. The van der Waals surface area contributed by atoms with E-state index in [1.165, 1.54) is 19.0 Å². The summed E-state index contributed by atoms with van der Waals surface area (Å²) < 4.78 is 5.60. The van der Waals surface area contributed by atoms with Crippen LogP contribution in [-0.2, 0) is 0 Å². The van der Waals surface area contributed by atoms with Crippen LogP contribution >= 0.6 is 0 Å². The molecule has 0 aliphatic heterocycles. The third kappa shape index (κ3) is 2.08. The molecular weight excluding hydrogens is 168 g/mol. The first kappa shape index (κ1) is 8.29. The smallest absolute Gasteiger partial charge is 0.345 e. The molecule has 0 spiro atoms. The van der Waals surface area contributed by atoms with Crippen LogP contribution in [0.3, 0.4) is 0 Å². The van der Waals surface area contributed by atoms with Crippen LogP contribution in [0.5, 0.6) is 5.75 Å². The predicted octanol–water partition coefficient (Wildman–Crippen LogP) is 1.09. The van der Waals surface area contributed by atoms with Crippen molar-refractivity contribution in [1.82, 2.24) is 9.97 Å². The summed E-state index contributed by atoms with van der Waals surface area (Å²) in [6.07, 6.45) is 8.04. The van der Waals surface area contributed by atoms with Crippen LogP contribution in [0.25, 0.3) is 0 Å². The average molecular weight is 180 g/mol. The van der Waals surface area contributed by atoms with Gasteiger partial charge in [-0.3, -0.25) is 0 Å². The lowest BCUT2D eigenvalue weighted by Crippen LogP contribution is -2.14. The quantitative estimate of drug-likeness (QED) is 0.741. The molecule has 1 saturated carbocycles. The van der Waals surface area contributed by atoms with Crippen LogP contribution in [0.15, 0.2) is 17.2 Å². The summed E-state index contributed by atoms with van der Waals surface area (Å²) in [6, 6.07) is 0. The molecule has 1 aliphatic carbocycles. The van der Waals surface area contributed by atoms with Crippen LogP contribution in [0, 0.1) is 0 Å². The van der Waals surface area contributed by atoms with Gasteiger partial charge in [-0.2, -0.15) is 4.98 Å². The van der Waals surface area contributed by atoms with E-state index in [1.54, 1.807) is 6.20 Å². The molecule has 1 aromatic rings. The van der Waals surface area contributed by atoms with E-state index in [0.717, 1.165) is 12.8 Å². The first-order valence-corrected chi connectivity index (χ1v) is 4.56. The van der Waals surface area contributed by atoms with Crippen molar-refractivity contribution in [1.29, 1.82) is 0 Å². The van der Waals surface area contributed by atoms with Crippen LogP contribution in [0.4, 0.5) is 0 Å². The number of nitrogens with zero attached hydrogens (tertiary/aromatic N) is 1. The lowest BCUT2D eigenvalue weighted by atomic mass is 10.3. The van der Waals surface area contributed by atoms with E-state index in [2.05, 4.69) is 9.97 Å². The zero-order valence-electron chi connectivity index (χ0n) is 7.32. The van der Waals surface area contributed by atoms with Crippen LogP contribution in [0.1, 0.15) is 25.7 Å². The topological polar surface area (TPSA) is 55.0 Å². The van der Waals surface area contributed by atoms with E-state index >= 15 is 0 Å². The maximum absolute atomic E-state index is 10.6. The second-order valence-corrected chi connectivity index (χ2v) is 3.28. The molecule has 0 radical (unpaired) electrons. The van der Waals surface area contributed by atoms with Crippen LogP contribution < -0.4 is 10.4 Å². The van der Waals surface area contributed by atoms with Crippen molar-refractivity contribution in [2.45, 2.75) is 31.8 Å². The van der Waals surface area contributed by atoms with Gasteiger partial charge in [0.15, 0.2) is 5.75 Å². The highest BCUT2D eigenvalue weighted by Gasteiger charge is 2.16. The van der Waals surface area contributed by atoms with E-state index in [4.69, 9.17) is 4.74 Å². The number of hydrogen-bond acceptors (Lipinski definition) is 3. The Morgan fingerprint density at radius 3 is 2.85 bits per heavy atom. The molecule has 1 aromatic heterocycles. The third-order valence-corrected chi connectivity index (χ3v) is 2.25. The van der Waals surface area contributed by atoms with Gasteiger partial charge in [-0.25, -0.2) is 4.79 Å². The molecule has 70 valence electrons. The molecule has 0 atom stereocenters. The van der Waals surface area contributed by atoms with E-state index in [-0.39, 0.29) is 5.69 Å². The molecule has 0 amide bonds. The second-order valence-electron chi connectivity index (χ2n) is 3.28. The number of aromatic amines is 1. The standard InChI is InChI=1S/C9H12N2O2/c12-9-10-5-8(6-11-9)13-7-3-1-2-4-7/h5-7H,1-4H2,(H,10,11,12). The Morgan fingerprint density at radius 2 is 2.23 bits per heavy atom.